The van der Waals surface area contributed by atoms with Crippen molar-refractivity contribution in [1.29, 1.82) is 0 Å². The van der Waals surface area contributed by atoms with Crippen molar-refractivity contribution >= 4 is 29.0 Å². The summed E-state index contributed by atoms with van der Waals surface area (Å²) in [5.41, 5.74) is 3.39. The van der Waals surface area contributed by atoms with Crippen LogP contribution in [0.15, 0.2) is 48.5 Å². The molecule has 0 radical (unpaired) electrons. The molecule has 28 heavy (non-hydrogen) atoms. The molecule has 0 amide bonds. The summed E-state index contributed by atoms with van der Waals surface area (Å²) in [6, 6.07) is 17.6. The Morgan fingerprint density at radius 2 is 1.71 bits per heavy atom. The number of hydrogen-bond acceptors (Lipinski definition) is 5. The minimum absolute atomic E-state index is 0. The van der Waals surface area contributed by atoms with Gasteiger partial charge in [-0.15, -0.1) is 17.5 Å². The topological polar surface area (TPSA) is 45.6 Å². The van der Waals surface area contributed by atoms with E-state index in [-0.39, 0.29) is 12.4 Å². The molecule has 2 fully saturated rings. The summed E-state index contributed by atoms with van der Waals surface area (Å²) in [7, 11) is 1.68. The molecule has 0 saturated carbocycles. The van der Waals surface area contributed by atoms with E-state index >= 15 is 0 Å². The lowest BCUT2D eigenvalue weighted by Crippen LogP contribution is -2.61. The van der Waals surface area contributed by atoms with Crippen molar-refractivity contribution in [2.75, 3.05) is 51.3 Å². The van der Waals surface area contributed by atoms with E-state index in [2.05, 4.69) is 50.5 Å². The lowest BCUT2D eigenvalue weighted by Gasteiger charge is -2.43. The molecule has 3 heterocycles. The third kappa shape index (κ3) is 3.32. The first-order valence-electron chi connectivity index (χ1n) is 9.65. The highest BCUT2D eigenvalue weighted by atomic mass is 35.5. The Labute approximate surface area is 171 Å². The van der Waals surface area contributed by atoms with Crippen LogP contribution in [0.25, 0.3) is 16.6 Å². The first-order valence-corrected chi connectivity index (χ1v) is 9.65. The van der Waals surface area contributed by atoms with Gasteiger partial charge in [0.15, 0.2) is 0 Å². The Bertz CT molecular complexity index is 933. The Balaban J connectivity index is 0.00000192. The van der Waals surface area contributed by atoms with Crippen molar-refractivity contribution in [3.63, 3.8) is 0 Å². The van der Waals surface area contributed by atoms with Crippen molar-refractivity contribution in [3.05, 3.63) is 48.5 Å². The second-order valence-corrected chi connectivity index (χ2v) is 7.29. The van der Waals surface area contributed by atoms with E-state index in [1.165, 1.54) is 5.69 Å². The maximum absolute atomic E-state index is 5.52. The second-order valence-electron chi connectivity index (χ2n) is 7.29. The number of nitrogens with one attached hydrogen (secondary N) is 1. The lowest BCUT2D eigenvalue weighted by atomic mass is 10.1. The minimum Gasteiger partial charge on any atom is -0.479 e. The minimum atomic E-state index is 0. The number of para-hydroxylation sites is 1. The number of hydrogen-bond donors (Lipinski definition) is 1. The quantitative estimate of drug-likeness (QED) is 0.730. The van der Waals surface area contributed by atoms with Gasteiger partial charge in [-0.25, -0.2) is 4.68 Å². The number of piperazine rings is 1. The highest BCUT2D eigenvalue weighted by Crippen LogP contribution is 2.31. The average Bonchev–Trinajstić information content (AvgIpc) is 3.06. The van der Waals surface area contributed by atoms with Crippen LogP contribution in [0.5, 0.6) is 5.88 Å². The molecule has 0 atom stereocenters. The van der Waals surface area contributed by atoms with Crippen LogP contribution in [0.4, 0.5) is 5.69 Å². The molecule has 0 aliphatic carbocycles. The molecule has 5 rings (SSSR count). The van der Waals surface area contributed by atoms with Gasteiger partial charge in [-0.3, -0.25) is 4.90 Å². The zero-order valence-electron chi connectivity index (χ0n) is 16.0. The molecule has 0 spiro atoms. The monoisotopic (exact) mass is 399 g/mol. The average molecular weight is 400 g/mol. The fourth-order valence-electron chi connectivity index (χ4n) is 4.07. The molecule has 2 saturated heterocycles. The van der Waals surface area contributed by atoms with E-state index in [4.69, 9.17) is 4.74 Å². The summed E-state index contributed by atoms with van der Waals surface area (Å²) in [4.78, 5) is 5.10. The molecule has 6 nitrogen and oxygen atoms in total. The smallest absolute Gasteiger partial charge is 0.240 e. The molecule has 0 bridgehead atoms. The fraction of sp³-hybridized carbons (Fsp3) is 0.381. The van der Waals surface area contributed by atoms with Crippen LogP contribution in [0.3, 0.4) is 0 Å². The van der Waals surface area contributed by atoms with E-state index < -0.39 is 0 Å². The zero-order chi connectivity index (χ0) is 18.2. The molecule has 1 N–H and O–H groups in total. The predicted molar refractivity (Wildman–Crippen MR) is 115 cm³/mol. The largest absolute Gasteiger partial charge is 0.479 e. The van der Waals surface area contributed by atoms with Gasteiger partial charge in [0.25, 0.3) is 0 Å². The van der Waals surface area contributed by atoms with Gasteiger partial charge in [0.1, 0.15) is 0 Å². The van der Waals surface area contributed by atoms with Crippen molar-refractivity contribution < 1.29 is 4.74 Å². The summed E-state index contributed by atoms with van der Waals surface area (Å²) < 4.78 is 7.50. The first kappa shape index (κ1) is 19.1. The molecule has 2 aliphatic rings. The van der Waals surface area contributed by atoms with Crippen molar-refractivity contribution in [2.45, 2.75) is 6.04 Å². The van der Waals surface area contributed by atoms with Gasteiger partial charge in [0.2, 0.25) is 5.88 Å². The van der Waals surface area contributed by atoms with Gasteiger partial charge in [0.05, 0.1) is 23.7 Å². The van der Waals surface area contributed by atoms with E-state index in [0.29, 0.717) is 5.88 Å². The van der Waals surface area contributed by atoms with E-state index in [9.17, 15) is 0 Å². The summed E-state index contributed by atoms with van der Waals surface area (Å²) in [5, 5.41) is 9.10. The maximum Gasteiger partial charge on any atom is 0.240 e. The molecule has 1 aromatic heterocycles. The highest BCUT2D eigenvalue weighted by Gasteiger charge is 2.28. The number of methoxy groups -OCH3 is 1. The Kier molecular flexibility index (Phi) is 5.44. The van der Waals surface area contributed by atoms with Crippen molar-refractivity contribution in [2.24, 2.45) is 0 Å². The van der Waals surface area contributed by atoms with Gasteiger partial charge >= 0.3 is 0 Å². The second kappa shape index (κ2) is 7.99. The molecule has 148 valence electrons. The van der Waals surface area contributed by atoms with Crippen LogP contribution < -0.4 is 15.0 Å². The summed E-state index contributed by atoms with van der Waals surface area (Å²) in [5.74, 6) is 0.669. The van der Waals surface area contributed by atoms with Gasteiger partial charge < -0.3 is 15.0 Å². The number of fused-ring (bicyclic) bond motifs is 1. The van der Waals surface area contributed by atoms with E-state index in [0.717, 1.165) is 61.9 Å². The third-order valence-corrected chi connectivity index (χ3v) is 5.78. The Hall–Kier alpha value is -2.28. The number of anilines is 1. The molecule has 0 unspecified atom stereocenters. The Morgan fingerprint density at radius 1 is 0.964 bits per heavy atom. The van der Waals surface area contributed by atoms with Gasteiger partial charge in [-0.05, 0) is 30.3 Å². The molecule has 2 aromatic carbocycles. The normalized spacial score (nSPS) is 18.0. The number of rotatable bonds is 4. The number of aromatic nitrogens is 2. The highest BCUT2D eigenvalue weighted by molar-refractivity contribution is 5.89. The summed E-state index contributed by atoms with van der Waals surface area (Å²) in [6.07, 6.45) is 0. The molecule has 2 aliphatic heterocycles. The number of benzene rings is 2. The van der Waals surface area contributed by atoms with Gasteiger partial charge in [0, 0.05) is 51.0 Å². The van der Waals surface area contributed by atoms with Crippen LogP contribution in [-0.2, 0) is 0 Å². The fourth-order valence-corrected chi connectivity index (χ4v) is 4.07. The zero-order valence-corrected chi connectivity index (χ0v) is 16.9. The predicted octanol–water partition coefficient (Wildman–Crippen LogP) is 2.55. The van der Waals surface area contributed by atoms with Crippen LogP contribution in [0.1, 0.15) is 0 Å². The van der Waals surface area contributed by atoms with Crippen LogP contribution in [-0.4, -0.2) is 67.1 Å². The Morgan fingerprint density at radius 3 is 2.36 bits per heavy atom. The molecule has 3 aromatic rings. The summed E-state index contributed by atoms with van der Waals surface area (Å²) >= 11 is 0. The van der Waals surface area contributed by atoms with Crippen LogP contribution in [0, 0.1) is 0 Å². The molecule has 7 heteroatoms. The van der Waals surface area contributed by atoms with Crippen molar-refractivity contribution in [1.82, 2.24) is 20.0 Å². The SMILES string of the molecule is COc1nn(-c2ccccc2)c2cc(N3CCN(C4CNC4)CC3)ccc12.Cl. The van der Waals surface area contributed by atoms with Crippen LogP contribution >= 0.6 is 12.4 Å². The third-order valence-electron chi connectivity index (χ3n) is 5.78. The summed E-state index contributed by atoms with van der Waals surface area (Å²) in [6.45, 7) is 6.68. The van der Waals surface area contributed by atoms with Crippen molar-refractivity contribution in [3.8, 4) is 11.6 Å². The number of halogens is 1. The molecular weight excluding hydrogens is 374 g/mol. The molecular formula is C21H26ClN5O. The standard InChI is InChI=1S/C21H25N5O.ClH/c1-27-21-19-8-7-17(24-9-11-25(12-10-24)18-14-22-15-18)13-20(19)26(23-21)16-5-3-2-4-6-16;/h2-8,13,18,22H,9-12,14-15H2,1H3;1H. The van der Waals surface area contributed by atoms with E-state index in [1.807, 2.05) is 22.9 Å². The van der Waals surface area contributed by atoms with Crippen LogP contribution in [0.2, 0.25) is 0 Å². The van der Waals surface area contributed by atoms with E-state index in [1.54, 1.807) is 7.11 Å². The van der Waals surface area contributed by atoms with Gasteiger partial charge in [-0.2, -0.15) is 0 Å². The number of ether oxygens (including phenoxy) is 1. The van der Waals surface area contributed by atoms with Gasteiger partial charge in [-0.1, -0.05) is 18.2 Å². The lowest BCUT2D eigenvalue weighted by molar-refractivity contribution is 0.138. The maximum atomic E-state index is 5.52. The number of nitrogens with zero attached hydrogens (tertiary/aromatic N) is 4. The first-order chi connectivity index (χ1) is 13.3.